The maximum Gasteiger partial charge on any atom is 0.181 e. The zero-order valence-corrected chi connectivity index (χ0v) is 36.0. The maximum absolute atomic E-state index is 3.03. The summed E-state index contributed by atoms with van der Waals surface area (Å²) < 4.78 is 7.52. The molecule has 0 saturated carbocycles. The van der Waals surface area contributed by atoms with Crippen LogP contribution in [0.5, 0.6) is 0 Å². The molecule has 0 N–H and O–H groups in total. The van der Waals surface area contributed by atoms with E-state index in [1.54, 1.807) is 0 Å². The molecule has 300 valence electrons. The van der Waals surface area contributed by atoms with Crippen molar-refractivity contribution in [3.8, 4) is 17.1 Å². The van der Waals surface area contributed by atoms with Gasteiger partial charge in [-0.3, -0.25) is 0 Å². The molecule has 0 radical (unpaired) electrons. The van der Waals surface area contributed by atoms with Crippen LogP contribution in [0.3, 0.4) is 0 Å². The predicted octanol–water partition coefficient (Wildman–Crippen LogP) is 12.4. The van der Waals surface area contributed by atoms with Gasteiger partial charge in [0, 0.05) is 43.7 Å². The van der Waals surface area contributed by atoms with Gasteiger partial charge in [0.25, 0.3) is 0 Å². The molecule has 3 nitrogen and oxygen atoms in total. The Morgan fingerprint density at radius 1 is 0.266 bits per heavy atom. The summed E-state index contributed by atoms with van der Waals surface area (Å²) in [6.07, 6.45) is 0. The summed E-state index contributed by atoms with van der Waals surface area (Å²) in [5.74, 6) is 0. The van der Waals surface area contributed by atoms with Crippen LogP contribution in [-0.4, -0.2) is 21.8 Å². The summed E-state index contributed by atoms with van der Waals surface area (Å²) in [6.45, 7) is 0. The molecular weight excluding hydrogens is 791 g/mol. The Morgan fingerprint density at radius 2 is 0.703 bits per heavy atom. The Balaban J connectivity index is 1.24. The highest BCUT2D eigenvalue weighted by Gasteiger charge is 2.43. The molecule has 0 aliphatic rings. The van der Waals surface area contributed by atoms with Crippen molar-refractivity contribution in [2.24, 2.45) is 0 Å². The molecule has 13 rings (SSSR count). The first-order chi connectivity index (χ1) is 31.8. The van der Waals surface area contributed by atoms with Crippen molar-refractivity contribution in [1.29, 1.82) is 0 Å². The minimum atomic E-state index is -3.03. The van der Waals surface area contributed by atoms with Crippen molar-refractivity contribution in [3.63, 3.8) is 0 Å². The number of aromatic nitrogens is 3. The second kappa shape index (κ2) is 14.5. The Hall–Kier alpha value is -8.18. The summed E-state index contributed by atoms with van der Waals surface area (Å²) >= 11 is 0. The van der Waals surface area contributed by atoms with E-state index in [0.717, 1.165) is 17.1 Å². The number of para-hydroxylation sites is 5. The molecule has 0 spiro atoms. The number of fused-ring (bicyclic) bond motifs is 9. The molecule has 0 fully saturated rings. The number of hydrogen-bond donors (Lipinski definition) is 0. The Morgan fingerprint density at radius 3 is 1.30 bits per heavy atom. The van der Waals surface area contributed by atoms with Gasteiger partial charge >= 0.3 is 0 Å². The molecule has 64 heavy (non-hydrogen) atoms. The molecule has 10 aromatic carbocycles. The monoisotopic (exact) mass is 831 g/mol. The first kappa shape index (κ1) is 36.5. The van der Waals surface area contributed by atoms with E-state index in [0.29, 0.717) is 0 Å². The minimum absolute atomic E-state index is 1.13. The van der Waals surface area contributed by atoms with Gasteiger partial charge in [0.15, 0.2) is 8.07 Å². The number of rotatable bonds is 7. The summed E-state index contributed by atoms with van der Waals surface area (Å²) in [5.41, 5.74) is 10.6. The van der Waals surface area contributed by atoms with Crippen LogP contribution in [0.4, 0.5) is 0 Å². The van der Waals surface area contributed by atoms with Crippen molar-refractivity contribution < 1.29 is 0 Å². The molecule has 13 aromatic rings. The number of hydrogen-bond acceptors (Lipinski definition) is 0. The maximum atomic E-state index is 2.64. The lowest BCUT2D eigenvalue weighted by atomic mass is 10.1. The third-order valence-electron chi connectivity index (χ3n) is 13.6. The highest BCUT2D eigenvalue weighted by atomic mass is 28.3. The molecular formula is C60H41N3Si. The van der Waals surface area contributed by atoms with Crippen molar-refractivity contribution in [2.45, 2.75) is 0 Å². The van der Waals surface area contributed by atoms with Crippen LogP contribution in [0, 0.1) is 0 Å². The molecule has 0 bridgehead atoms. The molecule has 3 aromatic heterocycles. The quantitative estimate of drug-likeness (QED) is 0.112. The highest BCUT2D eigenvalue weighted by molar-refractivity contribution is 7.20. The topological polar surface area (TPSA) is 14.8 Å². The lowest BCUT2D eigenvalue weighted by Gasteiger charge is -2.35. The molecule has 0 amide bonds. The van der Waals surface area contributed by atoms with Crippen LogP contribution < -0.4 is 20.7 Å². The normalized spacial score (nSPS) is 12.1. The first-order valence-corrected chi connectivity index (χ1v) is 24.1. The van der Waals surface area contributed by atoms with E-state index in [2.05, 4.69) is 262 Å². The van der Waals surface area contributed by atoms with E-state index < -0.39 is 8.07 Å². The third kappa shape index (κ3) is 5.21. The molecule has 0 unspecified atom stereocenters. The summed E-state index contributed by atoms with van der Waals surface area (Å²) in [4.78, 5) is 0. The van der Waals surface area contributed by atoms with Crippen molar-refractivity contribution >= 4 is 94.2 Å². The van der Waals surface area contributed by atoms with Crippen LogP contribution in [0.1, 0.15) is 0 Å². The summed E-state index contributed by atoms with van der Waals surface area (Å²) in [5, 5.41) is 12.8. The standard InChI is InChI=1S/C60H41N3Si/c1-5-21-42(22-6-1)61-54-35-18-15-31-51(54)59-55(61)36-20-37-56(59)63-57-41-43(62-52-33-16-13-29-47(52)48-30-14-17-34-53(48)62)39-40-49(57)50-32-19-38-58(60(50)63)64(44-23-7-2-8-24-44,45-25-9-3-10-26-45)46-27-11-4-12-28-46/h1-41H. The van der Waals surface area contributed by atoms with Crippen molar-refractivity contribution in [2.75, 3.05) is 0 Å². The Bertz CT molecular complexity index is 3730. The van der Waals surface area contributed by atoms with Gasteiger partial charge in [-0.1, -0.05) is 194 Å². The van der Waals surface area contributed by atoms with Gasteiger partial charge in [-0.15, -0.1) is 0 Å². The van der Waals surface area contributed by atoms with Gasteiger partial charge in [0.1, 0.15) is 0 Å². The molecule has 4 heteroatoms. The molecule has 0 atom stereocenters. The molecule has 0 saturated heterocycles. The molecule has 0 aliphatic heterocycles. The van der Waals surface area contributed by atoms with E-state index in [9.17, 15) is 0 Å². The second-order valence-corrected chi connectivity index (χ2v) is 20.6. The van der Waals surface area contributed by atoms with E-state index in [-0.39, 0.29) is 0 Å². The van der Waals surface area contributed by atoms with Crippen molar-refractivity contribution in [3.05, 3.63) is 249 Å². The lowest BCUT2D eigenvalue weighted by Crippen LogP contribution is -2.75. The number of benzene rings is 10. The Labute approximate surface area is 372 Å². The van der Waals surface area contributed by atoms with Crippen LogP contribution in [0.15, 0.2) is 249 Å². The lowest BCUT2D eigenvalue weighted by molar-refractivity contribution is 1.16. The van der Waals surface area contributed by atoms with Gasteiger partial charge in [-0.2, -0.15) is 0 Å². The molecule has 0 aliphatic carbocycles. The van der Waals surface area contributed by atoms with Gasteiger partial charge in [-0.25, -0.2) is 0 Å². The fourth-order valence-electron chi connectivity index (χ4n) is 11.0. The third-order valence-corrected chi connectivity index (χ3v) is 18.4. The van der Waals surface area contributed by atoms with Crippen LogP contribution in [0.2, 0.25) is 0 Å². The smallest absolute Gasteiger partial charge is 0.181 e. The van der Waals surface area contributed by atoms with Gasteiger partial charge in [0.05, 0.1) is 38.8 Å². The number of nitrogens with zero attached hydrogens (tertiary/aromatic N) is 3. The fraction of sp³-hybridized carbons (Fsp3) is 0. The zero-order valence-electron chi connectivity index (χ0n) is 35.0. The van der Waals surface area contributed by atoms with Gasteiger partial charge in [-0.05, 0) is 75.3 Å². The zero-order chi connectivity index (χ0) is 42.2. The van der Waals surface area contributed by atoms with Gasteiger partial charge in [0.2, 0.25) is 0 Å². The van der Waals surface area contributed by atoms with E-state index in [1.807, 2.05) is 0 Å². The predicted molar refractivity (Wildman–Crippen MR) is 273 cm³/mol. The van der Waals surface area contributed by atoms with Crippen LogP contribution in [0.25, 0.3) is 82.5 Å². The van der Waals surface area contributed by atoms with Crippen molar-refractivity contribution in [1.82, 2.24) is 13.7 Å². The first-order valence-electron chi connectivity index (χ1n) is 22.1. The SMILES string of the molecule is c1ccc(-n2c3ccccc3c3c(-n4c5cc(-n6c7ccccc7c7ccccc76)ccc5c5cccc([Si](c6ccccc6)(c6ccccc6)c6ccccc6)c54)cccc32)cc1. The average molecular weight is 832 g/mol. The van der Waals surface area contributed by atoms with Gasteiger partial charge < -0.3 is 13.7 Å². The highest BCUT2D eigenvalue weighted by Crippen LogP contribution is 2.41. The van der Waals surface area contributed by atoms with Crippen LogP contribution >= 0.6 is 0 Å². The summed E-state index contributed by atoms with van der Waals surface area (Å²) in [6, 6.07) is 92.5. The van der Waals surface area contributed by atoms with E-state index in [1.165, 1.54) is 86.2 Å². The largest absolute Gasteiger partial charge is 0.309 e. The van der Waals surface area contributed by atoms with E-state index in [4.69, 9.17) is 0 Å². The molecule has 3 heterocycles. The fourth-order valence-corrected chi connectivity index (χ4v) is 16.0. The van der Waals surface area contributed by atoms with E-state index >= 15 is 0 Å². The summed E-state index contributed by atoms with van der Waals surface area (Å²) in [7, 11) is -3.03. The average Bonchev–Trinajstić information content (AvgIpc) is 4.01. The van der Waals surface area contributed by atoms with Crippen LogP contribution in [-0.2, 0) is 0 Å². The minimum Gasteiger partial charge on any atom is -0.309 e. The Kier molecular flexibility index (Phi) is 8.23. The second-order valence-electron chi connectivity index (χ2n) is 16.8.